The van der Waals surface area contributed by atoms with Crippen LogP contribution < -0.4 is 16.0 Å². The van der Waals surface area contributed by atoms with Crippen molar-refractivity contribution >= 4 is 35.1 Å². The summed E-state index contributed by atoms with van der Waals surface area (Å²) < 4.78 is 4.26. The van der Waals surface area contributed by atoms with Crippen LogP contribution >= 0.6 is 0 Å². The van der Waals surface area contributed by atoms with Gasteiger partial charge in [-0.05, 0) is 37.3 Å². The van der Waals surface area contributed by atoms with Gasteiger partial charge in [0.2, 0.25) is 6.41 Å². The molecular weight excluding hydrogens is 342 g/mol. The van der Waals surface area contributed by atoms with Crippen molar-refractivity contribution in [3.05, 3.63) is 48.5 Å². The van der Waals surface area contributed by atoms with Crippen molar-refractivity contribution in [2.24, 2.45) is 0 Å². The molecule has 0 saturated heterocycles. The number of methoxy groups -OCH3 is 1. The van der Waals surface area contributed by atoms with Crippen LogP contribution in [0, 0.1) is 0 Å². The van der Waals surface area contributed by atoms with E-state index in [-0.39, 0.29) is 5.97 Å². The number of amides is 1. The molecule has 27 heavy (non-hydrogen) atoms. The second-order valence-corrected chi connectivity index (χ2v) is 4.97. The summed E-state index contributed by atoms with van der Waals surface area (Å²) in [6.07, 6.45) is 1.15. The number of benzene rings is 2. The normalized spacial score (nSPS) is 8.78. The van der Waals surface area contributed by atoms with Crippen molar-refractivity contribution in [1.82, 2.24) is 0 Å². The molecule has 0 radical (unpaired) electrons. The molecule has 6 heteroatoms. The topological polar surface area (TPSA) is 79.5 Å². The minimum atomic E-state index is -0.157. The Morgan fingerprint density at radius 2 is 1.67 bits per heavy atom. The quantitative estimate of drug-likeness (QED) is 0.469. The van der Waals surface area contributed by atoms with Crippen LogP contribution in [0.3, 0.4) is 0 Å². The van der Waals surface area contributed by atoms with E-state index in [9.17, 15) is 9.59 Å². The zero-order chi connectivity index (χ0) is 20.5. The minimum absolute atomic E-state index is 0.157. The van der Waals surface area contributed by atoms with Gasteiger partial charge in [-0.3, -0.25) is 9.59 Å². The molecule has 0 unspecified atom stereocenters. The molecule has 1 amide bonds. The molecule has 0 spiro atoms. The number of nitrogens with one attached hydrogen (secondary N) is 3. The fourth-order valence-corrected chi connectivity index (χ4v) is 1.98. The number of anilines is 4. The fraction of sp³-hybridized carbons (Fsp3) is 0.333. The predicted octanol–water partition coefficient (Wildman–Crippen LogP) is 5.03. The summed E-state index contributed by atoms with van der Waals surface area (Å²) >= 11 is 0. The molecule has 0 aromatic heterocycles. The Kier molecular flexibility index (Phi) is 13.5. The second-order valence-electron chi connectivity index (χ2n) is 4.97. The maximum absolute atomic E-state index is 10.6. The lowest BCUT2D eigenvalue weighted by Gasteiger charge is -2.13. The van der Waals surface area contributed by atoms with Gasteiger partial charge in [0.15, 0.2) is 0 Å². The van der Waals surface area contributed by atoms with E-state index in [1.165, 1.54) is 7.11 Å². The van der Waals surface area contributed by atoms with Gasteiger partial charge in [-0.25, -0.2) is 0 Å². The van der Waals surface area contributed by atoms with Crippen molar-refractivity contribution in [3.8, 4) is 0 Å². The van der Waals surface area contributed by atoms with E-state index in [1.54, 1.807) is 6.92 Å². The third-order valence-corrected chi connectivity index (χ3v) is 3.18. The number of carbonyl (C=O) groups excluding carboxylic acids is 2. The Labute approximate surface area is 162 Å². The third kappa shape index (κ3) is 9.89. The van der Waals surface area contributed by atoms with Crippen LogP contribution in [0.1, 0.15) is 34.1 Å². The molecule has 0 fully saturated rings. The van der Waals surface area contributed by atoms with Gasteiger partial charge in [0.05, 0.1) is 18.5 Å². The van der Waals surface area contributed by atoms with Gasteiger partial charge < -0.3 is 20.7 Å². The van der Waals surface area contributed by atoms with Crippen LogP contribution in [-0.2, 0) is 14.3 Å². The van der Waals surface area contributed by atoms with Gasteiger partial charge >= 0.3 is 5.97 Å². The number of esters is 1. The highest BCUT2D eigenvalue weighted by Crippen LogP contribution is 2.27. The first kappa shape index (κ1) is 24.0. The van der Waals surface area contributed by atoms with Crippen LogP contribution in [0.2, 0.25) is 0 Å². The van der Waals surface area contributed by atoms with E-state index < -0.39 is 0 Å². The highest BCUT2D eigenvalue weighted by Gasteiger charge is 2.03. The average molecular weight is 373 g/mol. The van der Waals surface area contributed by atoms with Crippen molar-refractivity contribution in [3.63, 3.8) is 0 Å². The molecule has 0 aliphatic carbocycles. The highest BCUT2D eigenvalue weighted by atomic mass is 16.5. The zero-order valence-electron chi connectivity index (χ0n) is 16.8. The lowest BCUT2D eigenvalue weighted by molar-refractivity contribution is -0.140. The van der Waals surface area contributed by atoms with E-state index in [2.05, 4.69) is 20.7 Å². The number of rotatable bonds is 7. The van der Waals surface area contributed by atoms with E-state index in [1.807, 2.05) is 69.3 Å². The summed E-state index contributed by atoms with van der Waals surface area (Å²) in [5.41, 5.74) is 3.61. The number of hydrogen-bond donors (Lipinski definition) is 3. The first-order valence-corrected chi connectivity index (χ1v) is 9.11. The number of carbonyl (C=O) groups is 2. The number of hydrogen-bond acceptors (Lipinski definition) is 5. The molecule has 0 atom stereocenters. The van der Waals surface area contributed by atoms with Crippen molar-refractivity contribution in [2.45, 2.75) is 34.1 Å². The van der Waals surface area contributed by atoms with E-state index in [0.717, 1.165) is 29.3 Å². The van der Waals surface area contributed by atoms with Crippen LogP contribution in [0.4, 0.5) is 22.7 Å². The molecule has 0 aliphatic rings. The number of para-hydroxylation sites is 1. The second kappa shape index (κ2) is 15.3. The van der Waals surface area contributed by atoms with Gasteiger partial charge in [-0.15, -0.1) is 0 Å². The van der Waals surface area contributed by atoms with Gasteiger partial charge in [-0.2, -0.15) is 0 Å². The minimum Gasteiger partial charge on any atom is -0.469 e. The lowest BCUT2D eigenvalue weighted by atomic mass is 10.2. The summed E-state index contributed by atoms with van der Waals surface area (Å²) in [4.78, 5) is 20.6. The summed E-state index contributed by atoms with van der Waals surface area (Å²) in [6, 6.07) is 15.7. The Bertz CT molecular complexity index is 655. The summed E-state index contributed by atoms with van der Waals surface area (Å²) in [6.45, 7) is 8.58. The third-order valence-electron chi connectivity index (χ3n) is 3.18. The Hall–Kier alpha value is -3.02. The summed E-state index contributed by atoms with van der Waals surface area (Å²) in [7, 11) is 1.38. The zero-order valence-corrected chi connectivity index (χ0v) is 16.8. The monoisotopic (exact) mass is 373 g/mol. The van der Waals surface area contributed by atoms with Crippen LogP contribution in [0.15, 0.2) is 48.5 Å². The van der Waals surface area contributed by atoms with E-state index in [0.29, 0.717) is 12.8 Å². The predicted molar refractivity (Wildman–Crippen MR) is 114 cm³/mol. The van der Waals surface area contributed by atoms with E-state index in [4.69, 9.17) is 0 Å². The standard InChI is InChI=1S/C15H17N3O.C4H8O2.C2H6/c1-2-16-14-9-8-13(10-15(14)17-11-19)18-12-6-4-3-5-7-12;1-3-4(5)6-2;1-2/h3-11,16,18H,2H2,1H3,(H,17,19);3H2,1-2H3;1-2H3. The molecule has 148 valence electrons. The van der Waals surface area contributed by atoms with Gasteiger partial charge in [0.25, 0.3) is 0 Å². The Morgan fingerprint density at radius 3 is 2.15 bits per heavy atom. The Balaban J connectivity index is 0.000000722. The highest BCUT2D eigenvalue weighted by molar-refractivity contribution is 5.84. The van der Waals surface area contributed by atoms with Crippen molar-refractivity contribution in [2.75, 3.05) is 29.6 Å². The maximum atomic E-state index is 10.6. The van der Waals surface area contributed by atoms with Crippen molar-refractivity contribution < 1.29 is 14.3 Å². The van der Waals surface area contributed by atoms with Gasteiger partial charge in [0.1, 0.15) is 0 Å². The van der Waals surface area contributed by atoms with Crippen LogP contribution in [0.5, 0.6) is 0 Å². The van der Waals surface area contributed by atoms with E-state index >= 15 is 0 Å². The first-order valence-electron chi connectivity index (χ1n) is 9.11. The molecular formula is C21H31N3O3. The summed E-state index contributed by atoms with van der Waals surface area (Å²) in [5, 5.41) is 9.20. The van der Waals surface area contributed by atoms with Gasteiger partial charge in [-0.1, -0.05) is 39.0 Å². The molecule has 0 saturated carbocycles. The smallest absolute Gasteiger partial charge is 0.305 e. The average Bonchev–Trinajstić information content (AvgIpc) is 2.72. The number of ether oxygens (including phenoxy) is 1. The fourth-order valence-electron chi connectivity index (χ4n) is 1.98. The van der Waals surface area contributed by atoms with Crippen LogP contribution in [-0.4, -0.2) is 26.0 Å². The van der Waals surface area contributed by atoms with Crippen LogP contribution in [0.25, 0.3) is 0 Å². The summed E-state index contributed by atoms with van der Waals surface area (Å²) in [5.74, 6) is -0.157. The molecule has 0 aliphatic heterocycles. The first-order chi connectivity index (χ1) is 13.1. The van der Waals surface area contributed by atoms with Crippen molar-refractivity contribution in [1.29, 1.82) is 0 Å². The molecule has 2 aromatic rings. The Morgan fingerprint density at radius 1 is 1.00 bits per heavy atom. The molecule has 2 rings (SSSR count). The molecule has 0 heterocycles. The SMILES string of the molecule is CC.CCC(=O)OC.CCNc1ccc(Nc2ccccc2)cc1NC=O. The maximum Gasteiger partial charge on any atom is 0.305 e. The molecule has 6 nitrogen and oxygen atoms in total. The largest absolute Gasteiger partial charge is 0.469 e. The van der Waals surface area contributed by atoms with Gasteiger partial charge in [0, 0.05) is 24.3 Å². The molecule has 0 bridgehead atoms. The lowest BCUT2D eigenvalue weighted by Crippen LogP contribution is -2.03. The molecule has 3 N–H and O–H groups in total. The molecule has 2 aromatic carbocycles.